The van der Waals surface area contributed by atoms with E-state index in [9.17, 15) is 4.79 Å². The fraction of sp³-hybridized carbons (Fsp3) is 0.182. The van der Waals surface area contributed by atoms with E-state index in [4.69, 9.17) is 10.5 Å². The van der Waals surface area contributed by atoms with E-state index in [1.54, 1.807) is 12.1 Å². The average Bonchev–Trinajstić information content (AvgIpc) is 2.26. The molecule has 0 spiro atoms. The van der Waals surface area contributed by atoms with Gasteiger partial charge in [0.25, 0.3) is 0 Å². The topological polar surface area (TPSA) is 52.3 Å². The number of rotatable bonds is 4. The Bertz CT molecular complexity index is 308. The van der Waals surface area contributed by atoms with Crippen molar-refractivity contribution in [3.8, 4) is 0 Å². The third-order valence-corrected chi connectivity index (χ3v) is 1.76. The third-order valence-electron chi connectivity index (χ3n) is 1.76. The number of esters is 1. The fourth-order valence-electron chi connectivity index (χ4n) is 1.03. The quantitative estimate of drug-likeness (QED) is 0.578. The van der Waals surface area contributed by atoms with Crippen molar-refractivity contribution in [2.45, 2.75) is 6.04 Å². The van der Waals surface area contributed by atoms with Crippen LogP contribution >= 0.6 is 0 Å². The van der Waals surface area contributed by atoms with Crippen LogP contribution in [0.3, 0.4) is 0 Å². The first kappa shape index (κ1) is 10.5. The van der Waals surface area contributed by atoms with E-state index in [2.05, 4.69) is 6.58 Å². The highest BCUT2D eigenvalue weighted by atomic mass is 16.5. The Morgan fingerprint density at radius 2 is 2.14 bits per heavy atom. The molecule has 0 heterocycles. The SMILES string of the molecule is C=CCOC(=O)C(N)c1ccccc1. The predicted octanol–water partition coefficient (Wildman–Crippen LogP) is 1.42. The second-order valence-electron chi connectivity index (χ2n) is 2.81. The van der Waals surface area contributed by atoms with Gasteiger partial charge in [0.15, 0.2) is 0 Å². The van der Waals surface area contributed by atoms with Crippen molar-refractivity contribution < 1.29 is 9.53 Å². The Kier molecular flexibility index (Phi) is 3.88. The van der Waals surface area contributed by atoms with Crippen LogP contribution in [0.1, 0.15) is 11.6 Å². The Morgan fingerprint density at radius 1 is 1.50 bits per heavy atom. The van der Waals surface area contributed by atoms with E-state index < -0.39 is 12.0 Å². The number of carbonyl (C=O) groups excluding carboxylic acids is 1. The summed E-state index contributed by atoms with van der Waals surface area (Å²) in [7, 11) is 0. The molecule has 1 unspecified atom stereocenters. The van der Waals surface area contributed by atoms with Crippen molar-refractivity contribution in [3.63, 3.8) is 0 Å². The minimum absolute atomic E-state index is 0.194. The van der Waals surface area contributed by atoms with E-state index in [0.717, 1.165) is 5.56 Å². The maximum absolute atomic E-state index is 11.3. The highest BCUT2D eigenvalue weighted by Gasteiger charge is 2.15. The minimum atomic E-state index is -0.712. The highest BCUT2D eigenvalue weighted by Crippen LogP contribution is 2.10. The van der Waals surface area contributed by atoms with Gasteiger partial charge in [0.2, 0.25) is 0 Å². The summed E-state index contributed by atoms with van der Waals surface area (Å²) in [5.74, 6) is -0.434. The van der Waals surface area contributed by atoms with Crippen LogP contribution in [-0.2, 0) is 9.53 Å². The molecule has 3 heteroatoms. The molecule has 0 aliphatic carbocycles. The van der Waals surface area contributed by atoms with Crippen LogP contribution in [-0.4, -0.2) is 12.6 Å². The summed E-state index contributed by atoms with van der Waals surface area (Å²) in [6.07, 6.45) is 1.51. The number of hydrogen-bond acceptors (Lipinski definition) is 3. The number of hydrogen-bond donors (Lipinski definition) is 1. The predicted molar refractivity (Wildman–Crippen MR) is 54.5 cm³/mol. The lowest BCUT2D eigenvalue weighted by atomic mass is 10.1. The van der Waals surface area contributed by atoms with Gasteiger partial charge in [-0.1, -0.05) is 43.0 Å². The monoisotopic (exact) mass is 191 g/mol. The van der Waals surface area contributed by atoms with E-state index in [1.807, 2.05) is 18.2 Å². The standard InChI is InChI=1S/C11H13NO2/c1-2-8-14-11(13)10(12)9-6-4-3-5-7-9/h2-7,10H,1,8,12H2. The molecule has 1 aromatic rings. The van der Waals surface area contributed by atoms with Gasteiger partial charge in [-0.25, -0.2) is 4.79 Å². The van der Waals surface area contributed by atoms with Gasteiger partial charge >= 0.3 is 5.97 Å². The van der Waals surface area contributed by atoms with Gasteiger partial charge in [0.05, 0.1) is 0 Å². The summed E-state index contributed by atoms with van der Waals surface area (Å²) in [5, 5.41) is 0. The molecule has 3 nitrogen and oxygen atoms in total. The second-order valence-corrected chi connectivity index (χ2v) is 2.81. The molecular formula is C11H13NO2. The second kappa shape index (κ2) is 5.19. The Balaban J connectivity index is 2.61. The van der Waals surface area contributed by atoms with Crippen molar-refractivity contribution in [2.24, 2.45) is 5.73 Å². The smallest absolute Gasteiger partial charge is 0.327 e. The largest absolute Gasteiger partial charge is 0.460 e. The first-order valence-electron chi connectivity index (χ1n) is 4.33. The number of carbonyl (C=O) groups is 1. The zero-order chi connectivity index (χ0) is 10.4. The van der Waals surface area contributed by atoms with Crippen LogP contribution in [0.15, 0.2) is 43.0 Å². The molecule has 0 saturated carbocycles. The molecule has 74 valence electrons. The number of ether oxygens (including phenoxy) is 1. The van der Waals surface area contributed by atoms with Gasteiger partial charge in [0.1, 0.15) is 12.6 Å². The molecule has 1 aromatic carbocycles. The van der Waals surface area contributed by atoms with Crippen molar-refractivity contribution in [2.75, 3.05) is 6.61 Å². The molecule has 2 N–H and O–H groups in total. The fourth-order valence-corrected chi connectivity index (χ4v) is 1.03. The van der Waals surface area contributed by atoms with Gasteiger partial charge in [0, 0.05) is 0 Å². The summed E-state index contributed by atoms with van der Waals surface area (Å²) in [6.45, 7) is 3.64. The molecule has 0 aliphatic rings. The lowest BCUT2D eigenvalue weighted by Crippen LogP contribution is -2.23. The van der Waals surface area contributed by atoms with Crippen molar-refractivity contribution in [3.05, 3.63) is 48.6 Å². The molecule has 1 rings (SSSR count). The first-order chi connectivity index (χ1) is 6.75. The lowest BCUT2D eigenvalue weighted by molar-refractivity contribution is -0.144. The van der Waals surface area contributed by atoms with Gasteiger partial charge < -0.3 is 10.5 Å². The Hall–Kier alpha value is -1.61. The van der Waals surface area contributed by atoms with Crippen molar-refractivity contribution >= 4 is 5.97 Å². The number of benzene rings is 1. The lowest BCUT2D eigenvalue weighted by Gasteiger charge is -2.10. The molecule has 1 atom stereocenters. The van der Waals surface area contributed by atoms with Crippen LogP contribution < -0.4 is 5.73 Å². The van der Waals surface area contributed by atoms with Crippen LogP contribution in [0.2, 0.25) is 0 Å². The molecule has 0 aromatic heterocycles. The van der Waals surface area contributed by atoms with Crippen LogP contribution in [0.4, 0.5) is 0 Å². The number of nitrogens with two attached hydrogens (primary N) is 1. The van der Waals surface area contributed by atoms with Gasteiger partial charge in [-0.15, -0.1) is 0 Å². The molecule has 0 fully saturated rings. The zero-order valence-electron chi connectivity index (χ0n) is 7.85. The minimum Gasteiger partial charge on any atom is -0.460 e. The summed E-state index contributed by atoms with van der Waals surface area (Å²) in [6, 6.07) is 8.40. The van der Waals surface area contributed by atoms with E-state index >= 15 is 0 Å². The van der Waals surface area contributed by atoms with Gasteiger partial charge in [-0.05, 0) is 5.56 Å². The zero-order valence-corrected chi connectivity index (χ0v) is 7.85. The molecule has 0 radical (unpaired) electrons. The van der Waals surface area contributed by atoms with Crippen LogP contribution in [0.5, 0.6) is 0 Å². The normalized spacial score (nSPS) is 11.8. The summed E-state index contributed by atoms with van der Waals surface area (Å²) < 4.78 is 4.83. The van der Waals surface area contributed by atoms with Crippen molar-refractivity contribution in [1.82, 2.24) is 0 Å². The highest BCUT2D eigenvalue weighted by molar-refractivity contribution is 5.77. The Morgan fingerprint density at radius 3 is 2.71 bits per heavy atom. The average molecular weight is 191 g/mol. The maximum atomic E-state index is 11.3. The van der Waals surface area contributed by atoms with Crippen molar-refractivity contribution in [1.29, 1.82) is 0 Å². The van der Waals surface area contributed by atoms with E-state index in [-0.39, 0.29) is 6.61 Å². The Labute approximate surface area is 83.2 Å². The summed E-state index contributed by atoms with van der Waals surface area (Å²) in [4.78, 5) is 11.3. The van der Waals surface area contributed by atoms with Crippen LogP contribution in [0.25, 0.3) is 0 Å². The molecule has 0 amide bonds. The maximum Gasteiger partial charge on any atom is 0.327 e. The molecule has 14 heavy (non-hydrogen) atoms. The first-order valence-corrected chi connectivity index (χ1v) is 4.33. The summed E-state index contributed by atoms with van der Waals surface area (Å²) >= 11 is 0. The molecule has 0 saturated heterocycles. The molecular weight excluding hydrogens is 178 g/mol. The van der Waals surface area contributed by atoms with Gasteiger partial charge in [-0.2, -0.15) is 0 Å². The third kappa shape index (κ3) is 2.71. The van der Waals surface area contributed by atoms with Crippen LogP contribution in [0, 0.1) is 0 Å². The van der Waals surface area contributed by atoms with E-state index in [0.29, 0.717) is 0 Å². The summed E-state index contributed by atoms with van der Waals surface area (Å²) in [5.41, 5.74) is 6.42. The van der Waals surface area contributed by atoms with Gasteiger partial charge in [-0.3, -0.25) is 0 Å². The molecule has 0 aliphatic heterocycles. The molecule has 0 bridgehead atoms. The van der Waals surface area contributed by atoms with E-state index in [1.165, 1.54) is 6.08 Å².